The van der Waals surface area contributed by atoms with E-state index in [0.717, 1.165) is 6.42 Å². The zero-order chi connectivity index (χ0) is 15.5. The summed E-state index contributed by atoms with van der Waals surface area (Å²) in [5.74, 6) is 0.379. The molecule has 0 bridgehead atoms. The highest BCUT2D eigenvalue weighted by Gasteiger charge is 2.27. The molecule has 0 radical (unpaired) electrons. The summed E-state index contributed by atoms with van der Waals surface area (Å²) in [7, 11) is 0. The summed E-state index contributed by atoms with van der Waals surface area (Å²) >= 11 is 0. The summed E-state index contributed by atoms with van der Waals surface area (Å²) in [6.07, 6.45) is 15.6. The van der Waals surface area contributed by atoms with Crippen LogP contribution in [0.1, 0.15) is 90.9 Å². The molecule has 0 aromatic rings. The van der Waals surface area contributed by atoms with Gasteiger partial charge in [0.25, 0.3) is 0 Å². The first-order valence-electron chi connectivity index (χ1n) is 9.01. The van der Waals surface area contributed by atoms with Crippen molar-refractivity contribution in [2.45, 2.75) is 97.0 Å². The fourth-order valence-corrected chi connectivity index (χ4v) is 3.26. The van der Waals surface area contributed by atoms with Gasteiger partial charge in [-0.25, -0.2) is 4.79 Å². The van der Waals surface area contributed by atoms with Crippen molar-refractivity contribution in [1.82, 2.24) is 0 Å². The molecular formula is C19H34O2. The van der Waals surface area contributed by atoms with Crippen LogP contribution in [0.4, 0.5) is 0 Å². The lowest BCUT2D eigenvalue weighted by Crippen LogP contribution is -2.30. The van der Waals surface area contributed by atoms with Gasteiger partial charge in [-0.05, 0) is 38.5 Å². The zero-order valence-electron chi connectivity index (χ0n) is 14.2. The standard InChI is InChI=1S/C19H34O2/c1-4-5-6-7-8-9-10-13-17-14-11-12-15-18(17)21-19(20)16(2)3/h17-18H,2,4-15H2,1,3H3. The second-order valence-corrected chi connectivity index (χ2v) is 6.68. The van der Waals surface area contributed by atoms with Crippen molar-refractivity contribution in [2.24, 2.45) is 5.92 Å². The highest BCUT2D eigenvalue weighted by Crippen LogP contribution is 2.31. The van der Waals surface area contributed by atoms with E-state index < -0.39 is 0 Å². The topological polar surface area (TPSA) is 26.3 Å². The lowest BCUT2D eigenvalue weighted by molar-refractivity contribution is -0.148. The van der Waals surface area contributed by atoms with Gasteiger partial charge in [-0.2, -0.15) is 0 Å². The van der Waals surface area contributed by atoms with Crippen molar-refractivity contribution in [3.05, 3.63) is 12.2 Å². The van der Waals surface area contributed by atoms with Crippen LogP contribution in [0.25, 0.3) is 0 Å². The minimum Gasteiger partial charge on any atom is -0.459 e. The molecule has 0 aromatic heterocycles. The first kappa shape index (κ1) is 18.3. The van der Waals surface area contributed by atoms with Gasteiger partial charge in [0.15, 0.2) is 0 Å². The Morgan fingerprint density at radius 1 is 1.05 bits per heavy atom. The van der Waals surface area contributed by atoms with Gasteiger partial charge in [-0.15, -0.1) is 0 Å². The Labute approximate surface area is 131 Å². The molecule has 2 atom stereocenters. The molecule has 0 heterocycles. The Hall–Kier alpha value is -0.790. The summed E-state index contributed by atoms with van der Waals surface area (Å²) in [5, 5.41) is 0. The predicted molar refractivity (Wildman–Crippen MR) is 89.3 cm³/mol. The van der Waals surface area contributed by atoms with Crippen LogP contribution >= 0.6 is 0 Å². The molecule has 122 valence electrons. The Morgan fingerprint density at radius 3 is 2.33 bits per heavy atom. The lowest BCUT2D eigenvalue weighted by Gasteiger charge is -2.31. The number of esters is 1. The molecule has 1 aliphatic rings. The van der Waals surface area contributed by atoms with Crippen LogP contribution in [0, 0.1) is 5.92 Å². The average Bonchev–Trinajstić information content (AvgIpc) is 2.47. The summed E-state index contributed by atoms with van der Waals surface area (Å²) in [5.41, 5.74) is 0.523. The van der Waals surface area contributed by atoms with Crippen LogP contribution < -0.4 is 0 Å². The van der Waals surface area contributed by atoms with Crippen LogP contribution in [-0.4, -0.2) is 12.1 Å². The van der Waals surface area contributed by atoms with E-state index in [-0.39, 0.29) is 12.1 Å². The Morgan fingerprint density at radius 2 is 1.67 bits per heavy atom. The minimum atomic E-state index is -0.202. The second-order valence-electron chi connectivity index (χ2n) is 6.68. The zero-order valence-corrected chi connectivity index (χ0v) is 14.2. The van der Waals surface area contributed by atoms with E-state index >= 15 is 0 Å². The van der Waals surface area contributed by atoms with Crippen LogP contribution in [-0.2, 0) is 9.53 Å². The van der Waals surface area contributed by atoms with Crippen LogP contribution in [0.3, 0.4) is 0 Å². The van der Waals surface area contributed by atoms with E-state index in [9.17, 15) is 4.79 Å². The van der Waals surface area contributed by atoms with Gasteiger partial charge in [-0.3, -0.25) is 0 Å². The number of unbranched alkanes of at least 4 members (excludes halogenated alkanes) is 6. The SMILES string of the molecule is C=C(C)C(=O)OC1CCCCC1CCCCCCCCC. The van der Waals surface area contributed by atoms with E-state index in [2.05, 4.69) is 13.5 Å². The quantitative estimate of drug-likeness (QED) is 0.289. The minimum absolute atomic E-state index is 0.142. The van der Waals surface area contributed by atoms with Crippen molar-refractivity contribution in [3.63, 3.8) is 0 Å². The van der Waals surface area contributed by atoms with Gasteiger partial charge >= 0.3 is 5.97 Å². The van der Waals surface area contributed by atoms with Crippen molar-refractivity contribution in [3.8, 4) is 0 Å². The Bertz CT molecular complexity index is 309. The molecule has 1 saturated carbocycles. The number of carbonyl (C=O) groups is 1. The van der Waals surface area contributed by atoms with E-state index in [0.29, 0.717) is 11.5 Å². The predicted octanol–water partition coefficient (Wildman–Crippen LogP) is 5.81. The first-order valence-corrected chi connectivity index (χ1v) is 9.01. The van der Waals surface area contributed by atoms with Gasteiger partial charge in [0.2, 0.25) is 0 Å². The highest BCUT2D eigenvalue weighted by atomic mass is 16.5. The lowest BCUT2D eigenvalue weighted by atomic mass is 9.83. The molecule has 2 heteroatoms. The summed E-state index contributed by atoms with van der Waals surface area (Å²) in [4.78, 5) is 11.7. The molecule has 2 unspecified atom stereocenters. The van der Waals surface area contributed by atoms with E-state index in [1.165, 1.54) is 70.6 Å². The molecule has 0 saturated heterocycles. The Kier molecular flexibility index (Phi) is 9.45. The first-order chi connectivity index (χ1) is 10.1. The summed E-state index contributed by atoms with van der Waals surface area (Å²) in [6, 6.07) is 0. The molecule has 0 amide bonds. The molecule has 0 spiro atoms. The van der Waals surface area contributed by atoms with E-state index in [1.54, 1.807) is 6.92 Å². The van der Waals surface area contributed by atoms with E-state index in [4.69, 9.17) is 4.74 Å². The van der Waals surface area contributed by atoms with Crippen molar-refractivity contribution in [2.75, 3.05) is 0 Å². The summed E-state index contributed by atoms with van der Waals surface area (Å²) < 4.78 is 5.64. The molecule has 1 fully saturated rings. The Balaban J connectivity index is 2.20. The van der Waals surface area contributed by atoms with Crippen LogP contribution in [0.2, 0.25) is 0 Å². The maximum Gasteiger partial charge on any atom is 0.333 e. The van der Waals surface area contributed by atoms with Gasteiger partial charge in [0, 0.05) is 5.57 Å². The third-order valence-electron chi connectivity index (χ3n) is 4.62. The maximum absolute atomic E-state index is 11.7. The molecule has 0 aromatic carbocycles. The molecule has 1 aliphatic carbocycles. The molecule has 21 heavy (non-hydrogen) atoms. The van der Waals surface area contributed by atoms with Crippen LogP contribution in [0.5, 0.6) is 0 Å². The fourth-order valence-electron chi connectivity index (χ4n) is 3.26. The number of rotatable bonds is 10. The van der Waals surface area contributed by atoms with E-state index in [1.807, 2.05) is 0 Å². The second kappa shape index (κ2) is 10.9. The molecule has 0 N–H and O–H groups in total. The normalized spacial score (nSPS) is 22.0. The highest BCUT2D eigenvalue weighted by molar-refractivity contribution is 5.87. The maximum atomic E-state index is 11.7. The summed E-state index contributed by atoms with van der Waals surface area (Å²) in [6.45, 7) is 7.67. The van der Waals surface area contributed by atoms with Crippen molar-refractivity contribution in [1.29, 1.82) is 0 Å². The number of hydrogen-bond acceptors (Lipinski definition) is 2. The van der Waals surface area contributed by atoms with Gasteiger partial charge < -0.3 is 4.74 Å². The van der Waals surface area contributed by atoms with Crippen molar-refractivity contribution < 1.29 is 9.53 Å². The third-order valence-corrected chi connectivity index (χ3v) is 4.62. The molecular weight excluding hydrogens is 260 g/mol. The van der Waals surface area contributed by atoms with Gasteiger partial charge in [0.05, 0.1) is 0 Å². The number of carbonyl (C=O) groups excluding carboxylic acids is 1. The monoisotopic (exact) mass is 294 g/mol. The molecule has 1 rings (SSSR count). The number of hydrogen-bond donors (Lipinski definition) is 0. The smallest absolute Gasteiger partial charge is 0.333 e. The fraction of sp³-hybridized carbons (Fsp3) is 0.842. The molecule has 0 aliphatic heterocycles. The van der Waals surface area contributed by atoms with Crippen LogP contribution in [0.15, 0.2) is 12.2 Å². The molecule has 2 nitrogen and oxygen atoms in total. The largest absolute Gasteiger partial charge is 0.459 e. The van der Waals surface area contributed by atoms with Crippen molar-refractivity contribution >= 4 is 5.97 Å². The van der Waals surface area contributed by atoms with Gasteiger partial charge in [0.1, 0.15) is 6.10 Å². The average molecular weight is 294 g/mol. The third kappa shape index (κ3) is 7.68. The number of ether oxygens (including phenoxy) is 1. The van der Waals surface area contributed by atoms with Gasteiger partial charge in [-0.1, -0.05) is 64.9 Å².